The Hall–Kier alpha value is -1.39. The number of methoxy groups -OCH3 is 1. The van der Waals surface area contributed by atoms with Gasteiger partial charge in [-0.05, 0) is 54.8 Å². The molecule has 2 rings (SSSR count). The largest absolute Gasteiger partial charge is 0.497 e. The SMILES string of the molecule is COc1ccc(C(C)(N)Cc2cc(Br)ccc2F)cc1. The number of hydrogen-bond acceptors (Lipinski definition) is 2. The molecular formula is C16H17BrFNO. The van der Waals surface area contributed by atoms with Crippen molar-refractivity contribution in [1.82, 2.24) is 0 Å². The van der Waals surface area contributed by atoms with E-state index in [1.54, 1.807) is 19.2 Å². The predicted octanol–water partition coefficient (Wildman–Crippen LogP) is 4.01. The summed E-state index contributed by atoms with van der Waals surface area (Å²) in [5.41, 5.74) is 7.25. The first-order valence-corrected chi connectivity index (χ1v) is 7.09. The summed E-state index contributed by atoms with van der Waals surface area (Å²) in [7, 11) is 1.62. The average Bonchev–Trinajstić information content (AvgIpc) is 2.43. The second kappa shape index (κ2) is 5.94. The first-order chi connectivity index (χ1) is 9.42. The molecule has 0 bridgehead atoms. The van der Waals surface area contributed by atoms with Gasteiger partial charge < -0.3 is 10.5 Å². The van der Waals surface area contributed by atoms with Crippen LogP contribution in [0.1, 0.15) is 18.1 Å². The van der Waals surface area contributed by atoms with E-state index in [1.807, 2.05) is 31.2 Å². The Kier molecular flexibility index (Phi) is 4.45. The van der Waals surface area contributed by atoms with Gasteiger partial charge in [-0.25, -0.2) is 4.39 Å². The lowest BCUT2D eigenvalue weighted by Gasteiger charge is -2.26. The highest BCUT2D eigenvalue weighted by molar-refractivity contribution is 9.10. The van der Waals surface area contributed by atoms with Crippen LogP contribution in [0.2, 0.25) is 0 Å². The number of ether oxygens (including phenoxy) is 1. The Morgan fingerprint density at radius 3 is 2.45 bits per heavy atom. The van der Waals surface area contributed by atoms with Crippen molar-refractivity contribution in [3.63, 3.8) is 0 Å². The lowest BCUT2D eigenvalue weighted by atomic mass is 9.86. The lowest BCUT2D eigenvalue weighted by Crippen LogP contribution is -2.35. The molecule has 0 aliphatic heterocycles. The third-order valence-electron chi connectivity index (χ3n) is 3.31. The van der Waals surface area contributed by atoms with E-state index in [-0.39, 0.29) is 5.82 Å². The van der Waals surface area contributed by atoms with Crippen LogP contribution in [0.3, 0.4) is 0 Å². The van der Waals surface area contributed by atoms with Crippen molar-refractivity contribution in [2.75, 3.05) is 7.11 Å². The van der Waals surface area contributed by atoms with Gasteiger partial charge in [0.2, 0.25) is 0 Å². The zero-order valence-electron chi connectivity index (χ0n) is 11.5. The summed E-state index contributed by atoms with van der Waals surface area (Å²) >= 11 is 3.35. The zero-order chi connectivity index (χ0) is 14.8. The molecule has 2 aromatic carbocycles. The molecule has 0 fully saturated rings. The van der Waals surface area contributed by atoms with E-state index in [9.17, 15) is 4.39 Å². The van der Waals surface area contributed by atoms with Gasteiger partial charge in [-0.15, -0.1) is 0 Å². The summed E-state index contributed by atoms with van der Waals surface area (Å²) in [6.07, 6.45) is 0.421. The Morgan fingerprint density at radius 2 is 1.85 bits per heavy atom. The van der Waals surface area contributed by atoms with E-state index in [0.29, 0.717) is 12.0 Å². The molecule has 20 heavy (non-hydrogen) atoms. The molecule has 0 saturated carbocycles. The summed E-state index contributed by atoms with van der Waals surface area (Å²) in [5, 5.41) is 0. The van der Waals surface area contributed by atoms with Gasteiger partial charge in [0.25, 0.3) is 0 Å². The van der Waals surface area contributed by atoms with E-state index in [0.717, 1.165) is 15.8 Å². The third kappa shape index (κ3) is 3.38. The van der Waals surface area contributed by atoms with Crippen LogP contribution < -0.4 is 10.5 Å². The maximum Gasteiger partial charge on any atom is 0.126 e. The molecule has 1 atom stereocenters. The van der Waals surface area contributed by atoms with E-state index in [1.165, 1.54) is 6.07 Å². The molecule has 106 valence electrons. The van der Waals surface area contributed by atoms with Gasteiger partial charge in [-0.3, -0.25) is 0 Å². The maximum absolute atomic E-state index is 13.8. The molecule has 0 radical (unpaired) electrons. The fourth-order valence-electron chi connectivity index (χ4n) is 2.15. The highest BCUT2D eigenvalue weighted by Gasteiger charge is 2.23. The van der Waals surface area contributed by atoms with Crippen LogP contribution in [0, 0.1) is 5.82 Å². The second-order valence-electron chi connectivity index (χ2n) is 5.06. The van der Waals surface area contributed by atoms with E-state index >= 15 is 0 Å². The number of nitrogens with two attached hydrogens (primary N) is 1. The molecule has 0 amide bonds. The van der Waals surface area contributed by atoms with Gasteiger partial charge in [0.05, 0.1) is 7.11 Å². The fraction of sp³-hybridized carbons (Fsp3) is 0.250. The number of hydrogen-bond donors (Lipinski definition) is 1. The second-order valence-corrected chi connectivity index (χ2v) is 5.97. The average molecular weight is 338 g/mol. The molecule has 1 unspecified atom stereocenters. The maximum atomic E-state index is 13.8. The van der Waals surface area contributed by atoms with Gasteiger partial charge in [0.15, 0.2) is 0 Å². The van der Waals surface area contributed by atoms with Crippen LogP contribution in [0.5, 0.6) is 5.75 Å². The van der Waals surface area contributed by atoms with E-state index < -0.39 is 5.54 Å². The van der Waals surface area contributed by atoms with Gasteiger partial charge in [0, 0.05) is 10.0 Å². The summed E-state index contributed by atoms with van der Waals surface area (Å²) in [4.78, 5) is 0. The van der Waals surface area contributed by atoms with Crippen molar-refractivity contribution in [3.8, 4) is 5.75 Å². The molecule has 2 nitrogen and oxygen atoms in total. The van der Waals surface area contributed by atoms with Crippen LogP contribution in [0.15, 0.2) is 46.9 Å². The zero-order valence-corrected chi connectivity index (χ0v) is 13.1. The first kappa shape index (κ1) is 15.0. The summed E-state index contributed by atoms with van der Waals surface area (Å²) < 4.78 is 19.8. The Labute approximate surface area is 126 Å². The predicted molar refractivity (Wildman–Crippen MR) is 82.3 cm³/mol. The van der Waals surface area contributed by atoms with Crippen molar-refractivity contribution in [1.29, 1.82) is 0 Å². The molecule has 2 N–H and O–H groups in total. The van der Waals surface area contributed by atoms with E-state index in [2.05, 4.69) is 15.9 Å². The fourth-order valence-corrected chi connectivity index (χ4v) is 2.56. The Morgan fingerprint density at radius 1 is 1.20 bits per heavy atom. The monoisotopic (exact) mass is 337 g/mol. The van der Waals surface area contributed by atoms with Crippen molar-refractivity contribution in [2.24, 2.45) is 5.73 Å². The molecule has 0 aliphatic carbocycles. The molecule has 4 heteroatoms. The molecule has 0 spiro atoms. The summed E-state index contributed by atoms with van der Waals surface area (Å²) in [6.45, 7) is 1.90. The minimum absolute atomic E-state index is 0.238. The van der Waals surface area contributed by atoms with Crippen molar-refractivity contribution in [3.05, 3.63) is 63.9 Å². The topological polar surface area (TPSA) is 35.2 Å². The molecule has 2 aromatic rings. The lowest BCUT2D eigenvalue weighted by molar-refractivity contribution is 0.413. The smallest absolute Gasteiger partial charge is 0.126 e. The third-order valence-corrected chi connectivity index (χ3v) is 3.81. The van der Waals surface area contributed by atoms with Crippen molar-refractivity contribution < 1.29 is 9.13 Å². The molecule has 0 heterocycles. The van der Waals surface area contributed by atoms with E-state index in [4.69, 9.17) is 10.5 Å². The normalized spacial score (nSPS) is 13.8. The number of rotatable bonds is 4. The van der Waals surface area contributed by atoms with Crippen LogP contribution in [0.4, 0.5) is 4.39 Å². The van der Waals surface area contributed by atoms with Gasteiger partial charge in [-0.2, -0.15) is 0 Å². The van der Waals surface area contributed by atoms with Crippen LogP contribution in [-0.4, -0.2) is 7.11 Å². The van der Waals surface area contributed by atoms with Crippen molar-refractivity contribution >= 4 is 15.9 Å². The highest BCUT2D eigenvalue weighted by Crippen LogP contribution is 2.27. The standard InChI is InChI=1S/C16H17BrFNO/c1-16(19,12-3-6-14(20-2)7-4-12)10-11-9-13(17)5-8-15(11)18/h3-9H,10,19H2,1-2H3. The molecular weight excluding hydrogens is 321 g/mol. The Bertz CT molecular complexity index is 596. The first-order valence-electron chi connectivity index (χ1n) is 6.30. The van der Waals surface area contributed by atoms with Gasteiger partial charge in [-0.1, -0.05) is 28.1 Å². The number of halogens is 2. The van der Waals surface area contributed by atoms with Crippen LogP contribution in [0.25, 0.3) is 0 Å². The van der Waals surface area contributed by atoms with Crippen LogP contribution in [-0.2, 0) is 12.0 Å². The minimum atomic E-state index is -0.645. The molecule has 0 saturated heterocycles. The molecule has 0 aromatic heterocycles. The van der Waals surface area contributed by atoms with Crippen molar-refractivity contribution in [2.45, 2.75) is 18.9 Å². The Balaban J connectivity index is 2.27. The summed E-state index contributed by atoms with van der Waals surface area (Å²) in [6, 6.07) is 12.4. The minimum Gasteiger partial charge on any atom is -0.497 e. The quantitative estimate of drug-likeness (QED) is 0.914. The molecule has 0 aliphatic rings. The highest BCUT2D eigenvalue weighted by atomic mass is 79.9. The van der Waals surface area contributed by atoms with Gasteiger partial charge >= 0.3 is 0 Å². The van der Waals surface area contributed by atoms with Gasteiger partial charge in [0.1, 0.15) is 11.6 Å². The van der Waals surface area contributed by atoms with Crippen LogP contribution >= 0.6 is 15.9 Å². The number of benzene rings is 2. The summed E-state index contributed by atoms with van der Waals surface area (Å²) in [5.74, 6) is 0.538.